The first kappa shape index (κ1) is 22.1. The van der Waals surface area contributed by atoms with Crippen LogP contribution in [0.5, 0.6) is 0 Å². The van der Waals surface area contributed by atoms with E-state index < -0.39 is 0 Å². The smallest absolute Gasteiger partial charge is 0.191 e. The van der Waals surface area contributed by atoms with Gasteiger partial charge in [0.15, 0.2) is 11.8 Å². The molecule has 0 saturated heterocycles. The summed E-state index contributed by atoms with van der Waals surface area (Å²) in [5.74, 6) is 2.62. The van der Waals surface area contributed by atoms with E-state index in [4.69, 9.17) is 4.74 Å². The Morgan fingerprint density at radius 2 is 2.16 bits per heavy atom. The molecule has 1 aliphatic rings. The van der Waals surface area contributed by atoms with E-state index in [0.717, 1.165) is 43.5 Å². The van der Waals surface area contributed by atoms with Gasteiger partial charge in [0, 0.05) is 38.7 Å². The fraction of sp³-hybridized carbons (Fsp3) is 0.812. The number of aromatic nitrogens is 3. The highest BCUT2D eigenvalue weighted by Crippen LogP contribution is 2.13. The summed E-state index contributed by atoms with van der Waals surface area (Å²) < 4.78 is 7.09. The van der Waals surface area contributed by atoms with Gasteiger partial charge in [-0.25, -0.2) is 9.67 Å². The molecule has 0 spiro atoms. The van der Waals surface area contributed by atoms with Gasteiger partial charge in [0.1, 0.15) is 12.4 Å². The van der Waals surface area contributed by atoms with Crippen LogP contribution in [0.3, 0.4) is 0 Å². The number of aliphatic imine (C=N–C) groups is 1. The summed E-state index contributed by atoms with van der Waals surface area (Å²) in [5.41, 5.74) is 0.0539. The van der Waals surface area contributed by atoms with Crippen molar-refractivity contribution in [1.29, 1.82) is 0 Å². The zero-order chi connectivity index (χ0) is 17.7. The van der Waals surface area contributed by atoms with E-state index >= 15 is 0 Å². The van der Waals surface area contributed by atoms with Gasteiger partial charge in [-0.1, -0.05) is 0 Å². The maximum absolute atomic E-state index is 5.11. The van der Waals surface area contributed by atoms with Crippen LogP contribution < -0.4 is 10.6 Å². The molecule has 1 aliphatic heterocycles. The molecule has 0 aliphatic carbocycles. The van der Waals surface area contributed by atoms with Gasteiger partial charge >= 0.3 is 0 Å². The highest BCUT2D eigenvalue weighted by Gasteiger charge is 2.24. The fourth-order valence-corrected chi connectivity index (χ4v) is 2.51. The standard InChI is InChI=1S/C16H31N7O.HI/c1-16(2,22(4)5)11-18-15(17-3)19-12-7-8-14-20-13(10-24-6)21-23(14)9-12;/h12H,7-11H2,1-6H3,(H2,17,18,19);1H. The predicted octanol–water partition coefficient (Wildman–Crippen LogP) is 0.863. The molecule has 2 rings (SSSR count). The lowest BCUT2D eigenvalue weighted by Gasteiger charge is -2.34. The maximum Gasteiger partial charge on any atom is 0.191 e. The molecule has 1 aromatic rings. The molecule has 0 bridgehead atoms. The van der Waals surface area contributed by atoms with Gasteiger partial charge in [0.25, 0.3) is 0 Å². The summed E-state index contributed by atoms with van der Waals surface area (Å²) in [6.07, 6.45) is 1.93. The summed E-state index contributed by atoms with van der Waals surface area (Å²) >= 11 is 0. The highest BCUT2D eigenvalue weighted by atomic mass is 127. The normalized spacial score (nSPS) is 17.9. The summed E-state index contributed by atoms with van der Waals surface area (Å²) in [5, 5.41) is 11.4. The quantitative estimate of drug-likeness (QED) is 0.369. The van der Waals surface area contributed by atoms with Gasteiger partial charge < -0.3 is 20.3 Å². The van der Waals surface area contributed by atoms with Crippen molar-refractivity contribution in [3.05, 3.63) is 11.6 Å². The Morgan fingerprint density at radius 1 is 1.44 bits per heavy atom. The Bertz CT molecular complexity index is 571. The lowest BCUT2D eigenvalue weighted by atomic mass is 10.0. The van der Waals surface area contributed by atoms with Crippen LogP contribution in [-0.4, -0.2) is 72.0 Å². The lowest BCUT2D eigenvalue weighted by molar-refractivity contribution is 0.177. The molecule has 25 heavy (non-hydrogen) atoms. The Labute approximate surface area is 167 Å². The maximum atomic E-state index is 5.11. The van der Waals surface area contributed by atoms with Gasteiger partial charge in [-0.2, -0.15) is 5.10 Å². The average molecular weight is 465 g/mol. The van der Waals surface area contributed by atoms with Crippen LogP contribution in [0.1, 0.15) is 31.9 Å². The molecule has 2 N–H and O–H groups in total. The minimum atomic E-state index is 0. The number of methoxy groups -OCH3 is 1. The Hall–Kier alpha value is -0.940. The van der Waals surface area contributed by atoms with Crippen molar-refractivity contribution in [2.24, 2.45) is 4.99 Å². The van der Waals surface area contributed by atoms with Crippen molar-refractivity contribution >= 4 is 29.9 Å². The lowest BCUT2D eigenvalue weighted by Crippen LogP contribution is -2.53. The van der Waals surface area contributed by atoms with Gasteiger partial charge in [-0.05, 0) is 34.4 Å². The van der Waals surface area contributed by atoms with Gasteiger partial charge in [0.05, 0.1) is 6.54 Å². The van der Waals surface area contributed by atoms with Crippen LogP contribution in [0.2, 0.25) is 0 Å². The molecule has 1 aromatic heterocycles. The van der Waals surface area contributed by atoms with E-state index in [-0.39, 0.29) is 29.5 Å². The Morgan fingerprint density at radius 3 is 2.76 bits per heavy atom. The molecule has 0 saturated carbocycles. The SMILES string of the molecule is CN=C(NCC(C)(C)N(C)C)NC1CCc2nc(COC)nn2C1.I. The van der Waals surface area contributed by atoms with Crippen LogP contribution in [-0.2, 0) is 24.3 Å². The molecule has 0 fully saturated rings. The third kappa shape index (κ3) is 6.07. The number of hydrogen-bond donors (Lipinski definition) is 2. The number of nitrogens with one attached hydrogen (secondary N) is 2. The number of nitrogens with zero attached hydrogens (tertiary/aromatic N) is 5. The van der Waals surface area contributed by atoms with Crippen molar-refractivity contribution < 1.29 is 4.74 Å². The third-order valence-corrected chi connectivity index (χ3v) is 4.64. The first-order chi connectivity index (χ1) is 11.4. The summed E-state index contributed by atoms with van der Waals surface area (Å²) in [6, 6.07) is 0.295. The molecule has 144 valence electrons. The molecule has 1 atom stereocenters. The van der Waals surface area contributed by atoms with Crippen LogP contribution in [0.15, 0.2) is 4.99 Å². The van der Waals surface area contributed by atoms with Crippen molar-refractivity contribution in [2.45, 2.75) is 51.4 Å². The van der Waals surface area contributed by atoms with E-state index in [1.807, 2.05) is 4.68 Å². The minimum Gasteiger partial charge on any atom is -0.377 e. The summed E-state index contributed by atoms with van der Waals surface area (Å²) in [4.78, 5) is 11.1. The number of ether oxygens (including phenoxy) is 1. The molecular weight excluding hydrogens is 433 g/mol. The monoisotopic (exact) mass is 465 g/mol. The van der Waals surface area contributed by atoms with Crippen molar-refractivity contribution in [3.8, 4) is 0 Å². The number of likely N-dealkylation sites (N-methyl/N-ethyl adjacent to an activating group) is 1. The van der Waals surface area contributed by atoms with Crippen LogP contribution >= 0.6 is 24.0 Å². The molecule has 0 radical (unpaired) electrons. The molecule has 9 heteroatoms. The summed E-state index contributed by atoms with van der Waals surface area (Å²) in [7, 11) is 7.64. The molecular formula is C16H32IN7O. The second-order valence-corrected chi connectivity index (χ2v) is 7.07. The van der Waals surface area contributed by atoms with E-state index in [1.165, 1.54) is 0 Å². The number of aryl methyl sites for hydroxylation is 1. The van der Waals surface area contributed by atoms with Gasteiger partial charge in [-0.3, -0.25) is 4.99 Å². The molecule has 8 nitrogen and oxygen atoms in total. The van der Waals surface area contributed by atoms with E-state index in [1.54, 1.807) is 14.2 Å². The topological polar surface area (TPSA) is 79.6 Å². The van der Waals surface area contributed by atoms with Crippen molar-refractivity contribution in [1.82, 2.24) is 30.3 Å². The fourth-order valence-electron chi connectivity index (χ4n) is 2.51. The largest absolute Gasteiger partial charge is 0.377 e. The molecule has 0 amide bonds. The second kappa shape index (κ2) is 9.67. The van der Waals surface area contributed by atoms with Crippen LogP contribution in [0, 0.1) is 0 Å². The van der Waals surface area contributed by atoms with Crippen LogP contribution in [0.25, 0.3) is 0 Å². The highest BCUT2D eigenvalue weighted by molar-refractivity contribution is 14.0. The van der Waals surface area contributed by atoms with E-state index in [0.29, 0.717) is 12.6 Å². The van der Waals surface area contributed by atoms with Crippen molar-refractivity contribution in [2.75, 3.05) is 34.8 Å². The molecule has 1 unspecified atom stereocenters. The zero-order valence-corrected chi connectivity index (χ0v) is 18.5. The predicted molar refractivity (Wildman–Crippen MR) is 111 cm³/mol. The minimum absolute atomic E-state index is 0. The Kier molecular flexibility index (Phi) is 8.55. The second-order valence-electron chi connectivity index (χ2n) is 7.07. The van der Waals surface area contributed by atoms with Gasteiger partial charge in [-0.15, -0.1) is 24.0 Å². The zero-order valence-electron chi connectivity index (χ0n) is 16.2. The number of guanidine groups is 1. The Balaban J connectivity index is 0.00000312. The third-order valence-electron chi connectivity index (χ3n) is 4.64. The van der Waals surface area contributed by atoms with Gasteiger partial charge in [0.2, 0.25) is 0 Å². The number of fused-ring (bicyclic) bond motifs is 1. The number of halogens is 1. The summed E-state index contributed by atoms with van der Waals surface area (Å²) in [6.45, 7) is 6.48. The number of rotatable bonds is 6. The van der Waals surface area contributed by atoms with Crippen molar-refractivity contribution in [3.63, 3.8) is 0 Å². The molecule has 2 heterocycles. The number of hydrogen-bond acceptors (Lipinski definition) is 5. The first-order valence-electron chi connectivity index (χ1n) is 8.42. The van der Waals surface area contributed by atoms with E-state index in [2.05, 4.69) is 58.6 Å². The average Bonchev–Trinajstić information content (AvgIpc) is 2.93. The van der Waals surface area contributed by atoms with E-state index in [9.17, 15) is 0 Å². The molecule has 0 aromatic carbocycles. The van der Waals surface area contributed by atoms with Crippen LogP contribution in [0.4, 0.5) is 0 Å². The first-order valence-corrected chi connectivity index (χ1v) is 8.42.